The van der Waals surface area contributed by atoms with E-state index in [1.54, 1.807) is 7.05 Å². The van der Waals surface area contributed by atoms with Gasteiger partial charge in [0.1, 0.15) is 0 Å². The average Bonchev–Trinajstić information content (AvgIpc) is 3.17. The van der Waals surface area contributed by atoms with Crippen molar-refractivity contribution in [3.8, 4) is 0 Å². The van der Waals surface area contributed by atoms with E-state index in [1.807, 2.05) is 18.2 Å². The van der Waals surface area contributed by atoms with Crippen molar-refractivity contribution in [2.24, 2.45) is 10.4 Å². The van der Waals surface area contributed by atoms with Crippen LogP contribution < -0.4 is 16.0 Å². The van der Waals surface area contributed by atoms with Crippen LogP contribution in [0, 0.1) is 5.41 Å². The van der Waals surface area contributed by atoms with Crippen LogP contribution in [0.1, 0.15) is 56.9 Å². The van der Waals surface area contributed by atoms with E-state index in [0.29, 0.717) is 18.4 Å². The van der Waals surface area contributed by atoms with E-state index in [4.69, 9.17) is 4.74 Å². The standard InChI is InChI=1S/C22H34N4O2/c1-3-28-13-12-22(10-6-7-11-22)16-25-21(23-2)24-15-17-14-20(27)26-19-9-5-4-8-18(17)19/h4-5,8-9,17H,3,6-7,10-16H2,1-2H3,(H,26,27)(H2,23,24,25). The van der Waals surface area contributed by atoms with Crippen LogP contribution in [-0.4, -0.2) is 45.2 Å². The number of ether oxygens (including phenoxy) is 1. The van der Waals surface area contributed by atoms with Gasteiger partial charge >= 0.3 is 0 Å². The zero-order valence-electron chi connectivity index (χ0n) is 17.2. The zero-order chi connectivity index (χ0) is 19.8. The number of guanidine groups is 1. The molecule has 0 saturated heterocycles. The third-order valence-corrected chi connectivity index (χ3v) is 6.12. The molecule has 3 N–H and O–H groups in total. The highest BCUT2D eigenvalue weighted by molar-refractivity contribution is 5.94. The van der Waals surface area contributed by atoms with Crippen molar-refractivity contribution < 1.29 is 9.53 Å². The molecular weight excluding hydrogens is 352 g/mol. The summed E-state index contributed by atoms with van der Waals surface area (Å²) in [6.45, 7) is 5.27. The minimum Gasteiger partial charge on any atom is -0.382 e. The lowest BCUT2D eigenvalue weighted by Gasteiger charge is -2.31. The van der Waals surface area contributed by atoms with Crippen LogP contribution in [0.15, 0.2) is 29.3 Å². The maximum absolute atomic E-state index is 12.0. The van der Waals surface area contributed by atoms with E-state index in [2.05, 4.69) is 33.9 Å². The first-order chi connectivity index (χ1) is 13.7. The van der Waals surface area contributed by atoms with Gasteiger partial charge < -0.3 is 20.7 Å². The molecule has 1 amide bonds. The predicted molar refractivity (Wildman–Crippen MR) is 114 cm³/mol. The summed E-state index contributed by atoms with van der Waals surface area (Å²) in [5.74, 6) is 1.04. The lowest BCUT2D eigenvalue weighted by atomic mass is 9.83. The smallest absolute Gasteiger partial charge is 0.225 e. The highest BCUT2D eigenvalue weighted by Crippen LogP contribution is 2.40. The third-order valence-electron chi connectivity index (χ3n) is 6.12. The molecule has 1 aliphatic carbocycles. The van der Waals surface area contributed by atoms with E-state index in [0.717, 1.165) is 37.8 Å². The second-order valence-electron chi connectivity index (χ2n) is 8.00. The van der Waals surface area contributed by atoms with E-state index in [-0.39, 0.29) is 11.8 Å². The first kappa shape index (κ1) is 20.6. The summed E-state index contributed by atoms with van der Waals surface area (Å²) in [5.41, 5.74) is 2.42. The summed E-state index contributed by atoms with van der Waals surface area (Å²) >= 11 is 0. The maximum Gasteiger partial charge on any atom is 0.225 e. The van der Waals surface area contributed by atoms with E-state index in [9.17, 15) is 4.79 Å². The topological polar surface area (TPSA) is 74.8 Å². The van der Waals surface area contributed by atoms with Gasteiger partial charge in [0.05, 0.1) is 0 Å². The Kier molecular flexibility index (Phi) is 7.31. The molecule has 0 aromatic heterocycles. The van der Waals surface area contributed by atoms with Crippen LogP contribution in [0.25, 0.3) is 0 Å². The Bertz CT molecular complexity index is 683. The summed E-state index contributed by atoms with van der Waals surface area (Å²) < 4.78 is 5.61. The second-order valence-corrected chi connectivity index (χ2v) is 8.00. The molecule has 1 saturated carbocycles. The van der Waals surface area contributed by atoms with Gasteiger partial charge in [0, 0.05) is 51.4 Å². The lowest BCUT2D eigenvalue weighted by Crippen LogP contribution is -2.45. The molecule has 0 radical (unpaired) electrons. The first-order valence-corrected chi connectivity index (χ1v) is 10.6. The minimum absolute atomic E-state index is 0.0780. The van der Waals surface area contributed by atoms with Crippen molar-refractivity contribution in [3.63, 3.8) is 0 Å². The van der Waals surface area contributed by atoms with Crippen molar-refractivity contribution in [1.82, 2.24) is 10.6 Å². The van der Waals surface area contributed by atoms with Crippen molar-refractivity contribution in [1.29, 1.82) is 0 Å². The number of hydrogen-bond donors (Lipinski definition) is 3. The summed E-state index contributed by atoms with van der Waals surface area (Å²) in [6.07, 6.45) is 6.70. The van der Waals surface area contributed by atoms with Gasteiger partial charge in [-0.15, -0.1) is 0 Å². The minimum atomic E-state index is 0.0780. The Morgan fingerprint density at radius 1 is 1.29 bits per heavy atom. The maximum atomic E-state index is 12.0. The number of rotatable bonds is 8. The SMILES string of the molecule is CCOCCC1(CNC(=NC)NCC2CC(=O)Nc3ccccc32)CCCC1. The number of carbonyl (C=O) groups is 1. The molecule has 3 rings (SSSR count). The molecule has 0 spiro atoms. The summed E-state index contributed by atoms with van der Waals surface area (Å²) in [7, 11) is 1.80. The normalized spacial score (nSPS) is 21.1. The van der Waals surface area contributed by atoms with Crippen LogP contribution in [0.5, 0.6) is 0 Å². The molecule has 28 heavy (non-hydrogen) atoms. The van der Waals surface area contributed by atoms with Crippen molar-refractivity contribution >= 4 is 17.6 Å². The zero-order valence-corrected chi connectivity index (χ0v) is 17.2. The Morgan fingerprint density at radius 2 is 2.07 bits per heavy atom. The molecule has 6 nitrogen and oxygen atoms in total. The number of nitrogens with one attached hydrogen (secondary N) is 3. The Labute approximate surface area is 168 Å². The molecule has 1 fully saturated rings. The van der Waals surface area contributed by atoms with Crippen LogP contribution in [0.2, 0.25) is 0 Å². The number of para-hydroxylation sites is 1. The van der Waals surface area contributed by atoms with Gasteiger partial charge in [-0.05, 0) is 43.2 Å². The summed E-state index contributed by atoms with van der Waals surface area (Å²) in [5, 5.41) is 9.93. The molecule has 1 aromatic carbocycles. The van der Waals surface area contributed by atoms with Gasteiger partial charge in [0.15, 0.2) is 5.96 Å². The molecule has 1 unspecified atom stereocenters. The van der Waals surface area contributed by atoms with E-state index in [1.165, 1.54) is 31.2 Å². The Hall–Kier alpha value is -2.08. The molecule has 1 heterocycles. The fourth-order valence-electron chi connectivity index (χ4n) is 4.47. The highest BCUT2D eigenvalue weighted by atomic mass is 16.5. The first-order valence-electron chi connectivity index (χ1n) is 10.6. The molecule has 0 bridgehead atoms. The molecule has 6 heteroatoms. The van der Waals surface area contributed by atoms with Gasteiger partial charge in [0.2, 0.25) is 5.91 Å². The number of amides is 1. The van der Waals surface area contributed by atoms with Gasteiger partial charge in [-0.25, -0.2) is 0 Å². The van der Waals surface area contributed by atoms with E-state index >= 15 is 0 Å². The predicted octanol–water partition coefficient (Wildman–Crippen LogP) is 3.26. The number of benzene rings is 1. The highest BCUT2D eigenvalue weighted by Gasteiger charge is 2.33. The van der Waals surface area contributed by atoms with Crippen molar-refractivity contribution in [2.45, 2.75) is 51.4 Å². The van der Waals surface area contributed by atoms with Gasteiger partial charge in [0.25, 0.3) is 0 Å². The van der Waals surface area contributed by atoms with Gasteiger partial charge in [-0.2, -0.15) is 0 Å². The number of aliphatic imine (C=N–C) groups is 1. The van der Waals surface area contributed by atoms with Crippen LogP contribution in [0.4, 0.5) is 5.69 Å². The van der Waals surface area contributed by atoms with Crippen molar-refractivity contribution in [3.05, 3.63) is 29.8 Å². The third kappa shape index (κ3) is 5.25. The fourth-order valence-corrected chi connectivity index (χ4v) is 4.47. The van der Waals surface area contributed by atoms with Gasteiger partial charge in [-0.1, -0.05) is 31.0 Å². The van der Waals surface area contributed by atoms with Crippen LogP contribution in [0.3, 0.4) is 0 Å². The summed E-state index contributed by atoms with van der Waals surface area (Å²) in [6, 6.07) is 8.05. The average molecular weight is 387 g/mol. The molecule has 2 aliphatic rings. The quantitative estimate of drug-likeness (QED) is 0.364. The molecule has 1 atom stereocenters. The van der Waals surface area contributed by atoms with Gasteiger partial charge in [-0.3, -0.25) is 9.79 Å². The number of nitrogens with zero attached hydrogens (tertiary/aromatic N) is 1. The number of fused-ring (bicyclic) bond motifs is 1. The largest absolute Gasteiger partial charge is 0.382 e. The molecule has 154 valence electrons. The fraction of sp³-hybridized carbons (Fsp3) is 0.636. The Morgan fingerprint density at radius 3 is 2.82 bits per heavy atom. The monoisotopic (exact) mass is 386 g/mol. The van der Waals surface area contributed by atoms with Crippen LogP contribution in [-0.2, 0) is 9.53 Å². The Balaban J connectivity index is 1.54. The molecule has 1 aromatic rings. The number of carbonyl (C=O) groups excluding carboxylic acids is 1. The molecule has 1 aliphatic heterocycles. The second kappa shape index (κ2) is 9.92. The molecular formula is C22H34N4O2. The summed E-state index contributed by atoms with van der Waals surface area (Å²) in [4.78, 5) is 16.4. The van der Waals surface area contributed by atoms with E-state index < -0.39 is 0 Å². The van der Waals surface area contributed by atoms with Crippen LogP contribution >= 0.6 is 0 Å². The lowest BCUT2D eigenvalue weighted by molar-refractivity contribution is -0.116. The number of hydrogen-bond acceptors (Lipinski definition) is 3. The number of anilines is 1. The van der Waals surface area contributed by atoms with Crippen molar-refractivity contribution in [2.75, 3.05) is 38.7 Å².